The van der Waals surface area contributed by atoms with Crippen molar-refractivity contribution in [2.75, 3.05) is 11.9 Å². The van der Waals surface area contributed by atoms with E-state index in [2.05, 4.69) is 15.6 Å². The minimum absolute atomic E-state index is 0.0614. The SMILES string of the molecule is Fc1ccc(NC(=S)NCCc2ccccn2)cc1Cl. The highest BCUT2D eigenvalue weighted by Gasteiger charge is 2.02. The van der Waals surface area contributed by atoms with Gasteiger partial charge in [-0.05, 0) is 42.5 Å². The Kier molecular flexibility index (Phi) is 5.26. The summed E-state index contributed by atoms with van der Waals surface area (Å²) in [4.78, 5) is 4.22. The molecule has 0 atom stereocenters. The van der Waals surface area contributed by atoms with E-state index < -0.39 is 5.82 Å². The molecule has 1 aromatic carbocycles. The molecule has 0 fully saturated rings. The number of nitrogens with one attached hydrogen (secondary N) is 2. The lowest BCUT2D eigenvalue weighted by molar-refractivity contribution is 0.628. The number of hydrogen-bond donors (Lipinski definition) is 2. The molecule has 0 aliphatic heterocycles. The maximum absolute atomic E-state index is 13.0. The molecule has 2 rings (SSSR count). The normalized spacial score (nSPS) is 10.1. The van der Waals surface area contributed by atoms with Gasteiger partial charge in [0.15, 0.2) is 5.11 Å². The molecule has 20 heavy (non-hydrogen) atoms. The average Bonchev–Trinajstić information content (AvgIpc) is 2.44. The first-order chi connectivity index (χ1) is 9.65. The van der Waals surface area contributed by atoms with Crippen molar-refractivity contribution < 1.29 is 4.39 Å². The van der Waals surface area contributed by atoms with Crippen molar-refractivity contribution in [2.24, 2.45) is 0 Å². The standard InChI is InChI=1S/C14H13ClFN3S/c15-12-9-11(4-5-13(12)16)19-14(20)18-8-6-10-3-1-2-7-17-10/h1-5,7,9H,6,8H2,(H2,18,19,20). The summed E-state index contributed by atoms with van der Waals surface area (Å²) >= 11 is 10.8. The molecule has 0 saturated heterocycles. The van der Waals surface area contributed by atoms with E-state index in [9.17, 15) is 4.39 Å². The van der Waals surface area contributed by atoms with Crippen LogP contribution in [-0.2, 0) is 6.42 Å². The topological polar surface area (TPSA) is 37.0 Å². The van der Waals surface area contributed by atoms with Crippen LogP contribution in [0, 0.1) is 5.82 Å². The van der Waals surface area contributed by atoms with Gasteiger partial charge in [0.1, 0.15) is 5.82 Å². The minimum Gasteiger partial charge on any atom is -0.362 e. The Balaban J connectivity index is 1.79. The smallest absolute Gasteiger partial charge is 0.170 e. The molecule has 0 aliphatic rings. The van der Waals surface area contributed by atoms with Crippen molar-refractivity contribution in [2.45, 2.75) is 6.42 Å². The van der Waals surface area contributed by atoms with Crippen molar-refractivity contribution in [3.05, 3.63) is 59.1 Å². The summed E-state index contributed by atoms with van der Waals surface area (Å²) in [5.74, 6) is -0.453. The zero-order valence-electron chi connectivity index (χ0n) is 10.6. The summed E-state index contributed by atoms with van der Waals surface area (Å²) in [7, 11) is 0. The molecular weight excluding hydrogens is 297 g/mol. The van der Waals surface area contributed by atoms with Gasteiger partial charge in [-0.1, -0.05) is 17.7 Å². The maximum atomic E-state index is 13.0. The molecule has 0 saturated carbocycles. The van der Waals surface area contributed by atoms with Crippen LogP contribution in [0.25, 0.3) is 0 Å². The second kappa shape index (κ2) is 7.17. The predicted octanol–water partition coefficient (Wildman–Crippen LogP) is 3.40. The Morgan fingerprint density at radius 2 is 2.15 bits per heavy atom. The van der Waals surface area contributed by atoms with E-state index >= 15 is 0 Å². The van der Waals surface area contributed by atoms with Crippen LogP contribution >= 0.6 is 23.8 Å². The lowest BCUT2D eigenvalue weighted by Crippen LogP contribution is -2.30. The maximum Gasteiger partial charge on any atom is 0.170 e. The summed E-state index contributed by atoms with van der Waals surface area (Å²) in [6.45, 7) is 0.664. The van der Waals surface area contributed by atoms with Crippen LogP contribution in [0.3, 0.4) is 0 Å². The lowest BCUT2D eigenvalue weighted by atomic mass is 10.3. The van der Waals surface area contributed by atoms with Crippen molar-refractivity contribution in [3.8, 4) is 0 Å². The van der Waals surface area contributed by atoms with Crippen molar-refractivity contribution in [3.63, 3.8) is 0 Å². The van der Waals surface area contributed by atoms with Gasteiger partial charge in [0.25, 0.3) is 0 Å². The first-order valence-corrected chi connectivity index (χ1v) is 6.83. The third kappa shape index (κ3) is 4.43. The lowest BCUT2D eigenvalue weighted by Gasteiger charge is -2.10. The fraction of sp³-hybridized carbons (Fsp3) is 0.143. The molecule has 0 spiro atoms. The first-order valence-electron chi connectivity index (χ1n) is 6.05. The first kappa shape index (κ1) is 14.7. The van der Waals surface area contributed by atoms with Crippen LogP contribution in [0.2, 0.25) is 5.02 Å². The van der Waals surface area contributed by atoms with Gasteiger partial charge in [-0.3, -0.25) is 4.98 Å². The molecule has 0 aliphatic carbocycles. The quantitative estimate of drug-likeness (QED) is 0.849. The third-order valence-corrected chi connectivity index (χ3v) is 3.11. The summed E-state index contributed by atoms with van der Waals surface area (Å²) < 4.78 is 13.0. The van der Waals surface area contributed by atoms with Crippen molar-refractivity contribution in [1.29, 1.82) is 0 Å². The Hall–Kier alpha value is -1.72. The monoisotopic (exact) mass is 309 g/mol. The molecule has 2 aromatic rings. The highest BCUT2D eigenvalue weighted by Crippen LogP contribution is 2.19. The number of thiocarbonyl (C=S) groups is 1. The molecule has 2 N–H and O–H groups in total. The fourth-order valence-electron chi connectivity index (χ4n) is 1.60. The van der Waals surface area contributed by atoms with E-state index in [0.717, 1.165) is 12.1 Å². The van der Waals surface area contributed by atoms with Crippen LogP contribution in [0.4, 0.5) is 10.1 Å². The summed E-state index contributed by atoms with van der Waals surface area (Å²) in [5.41, 5.74) is 1.64. The molecular formula is C14H13ClFN3S. The molecule has 0 amide bonds. The highest BCUT2D eigenvalue weighted by molar-refractivity contribution is 7.80. The van der Waals surface area contributed by atoms with Gasteiger partial charge in [0.05, 0.1) is 5.02 Å². The Bertz CT molecular complexity index is 592. The van der Waals surface area contributed by atoms with Gasteiger partial charge < -0.3 is 10.6 Å². The van der Waals surface area contributed by atoms with Gasteiger partial charge in [-0.2, -0.15) is 0 Å². The number of nitrogens with zero attached hydrogens (tertiary/aromatic N) is 1. The van der Waals surface area contributed by atoms with E-state index in [1.807, 2.05) is 18.2 Å². The Morgan fingerprint density at radius 1 is 1.30 bits per heavy atom. The van der Waals surface area contributed by atoms with Crippen molar-refractivity contribution in [1.82, 2.24) is 10.3 Å². The second-order valence-electron chi connectivity index (χ2n) is 4.08. The zero-order valence-corrected chi connectivity index (χ0v) is 12.1. The average molecular weight is 310 g/mol. The zero-order chi connectivity index (χ0) is 14.4. The number of halogens is 2. The number of anilines is 1. The number of hydrogen-bond acceptors (Lipinski definition) is 2. The van der Waals surface area contributed by atoms with Crippen LogP contribution in [-0.4, -0.2) is 16.6 Å². The Morgan fingerprint density at radius 3 is 2.85 bits per heavy atom. The van der Waals surface area contributed by atoms with E-state index in [0.29, 0.717) is 17.3 Å². The molecule has 0 unspecified atom stereocenters. The number of pyridine rings is 1. The molecule has 0 radical (unpaired) electrons. The number of benzene rings is 1. The summed E-state index contributed by atoms with van der Waals surface area (Å²) in [6.07, 6.45) is 2.53. The van der Waals surface area contributed by atoms with Gasteiger partial charge in [-0.25, -0.2) is 4.39 Å². The molecule has 104 valence electrons. The number of rotatable bonds is 4. The third-order valence-electron chi connectivity index (χ3n) is 2.57. The van der Waals surface area contributed by atoms with Gasteiger partial charge >= 0.3 is 0 Å². The highest BCUT2D eigenvalue weighted by atomic mass is 35.5. The molecule has 6 heteroatoms. The van der Waals surface area contributed by atoms with Crippen molar-refractivity contribution >= 4 is 34.6 Å². The van der Waals surface area contributed by atoms with E-state index in [4.69, 9.17) is 23.8 Å². The van der Waals surface area contributed by atoms with Gasteiger partial charge in [0, 0.05) is 30.5 Å². The van der Waals surface area contributed by atoms with Crippen LogP contribution in [0.1, 0.15) is 5.69 Å². The molecule has 0 bridgehead atoms. The predicted molar refractivity (Wildman–Crippen MR) is 83.6 cm³/mol. The summed E-state index contributed by atoms with van der Waals surface area (Å²) in [6, 6.07) is 10.1. The second-order valence-corrected chi connectivity index (χ2v) is 4.90. The molecule has 1 aromatic heterocycles. The summed E-state index contributed by atoms with van der Waals surface area (Å²) in [5, 5.41) is 6.53. The van der Waals surface area contributed by atoms with Crippen LogP contribution in [0.15, 0.2) is 42.6 Å². The largest absolute Gasteiger partial charge is 0.362 e. The van der Waals surface area contributed by atoms with E-state index in [-0.39, 0.29) is 5.02 Å². The molecule has 1 heterocycles. The van der Waals surface area contributed by atoms with E-state index in [1.54, 1.807) is 12.3 Å². The number of aromatic nitrogens is 1. The van der Waals surface area contributed by atoms with Crippen LogP contribution < -0.4 is 10.6 Å². The van der Waals surface area contributed by atoms with Gasteiger partial charge in [-0.15, -0.1) is 0 Å². The molecule has 3 nitrogen and oxygen atoms in total. The van der Waals surface area contributed by atoms with Gasteiger partial charge in [0.2, 0.25) is 0 Å². The minimum atomic E-state index is -0.453. The fourth-order valence-corrected chi connectivity index (χ4v) is 2.00. The van der Waals surface area contributed by atoms with E-state index in [1.165, 1.54) is 12.1 Å². The van der Waals surface area contributed by atoms with Crippen LogP contribution in [0.5, 0.6) is 0 Å². The Labute approximate surface area is 127 Å².